The molecule has 0 atom stereocenters. The van der Waals surface area contributed by atoms with Crippen molar-refractivity contribution >= 4 is 23.0 Å². The number of piperazine rings is 1. The molecule has 1 aromatic heterocycles. The predicted molar refractivity (Wildman–Crippen MR) is 97.7 cm³/mol. The molecule has 2 N–H and O–H groups in total. The maximum atomic E-state index is 11.7. The normalized spacial score (nSPS) is 15.5. The molecule has 2 aromatic rings. The first-order valence-corrected chi connectivity index (χ1v) is 8.18. The minimum atomic E-state index is -0.490. The van der Waals surface area contributed by atoms with Gasteiger partial charge in [0, 0.05) is 26.2 Å². The molecule has 10 nitrogen and oxygen atoms in total. The van der Waals surface area contributed by atoms with Crippen LogP contribution in [-0.4, -0.2) is 65.1 Å². The number of hydrogen-bond acceptors (Lipinski definition) is 9. The van der Waals surface area contributed by atoms with Gasteiger partial charge in [-0.1, -0.05) is 12.1 Å². The Bertz CT molecular complexity index is 778. The smallest absolute Gasteiger partial charge is 0.354 e. The minimum Gasteiger partial charge on any atom is -0.495 e. The average Bonchev–Trinajstić information content (AvgIpc) is 2.64. The molecule has 1 aromatic carbocycles. The van der Waals surface area contributed by atoms with E-state index >= 15 is 0 Å². The number of ether oxygens (including phenoxy) is 1. The van der Waals surface area contributed by atoms with Gasteiger partial charge >= 0.3 is 5.69 Å². The van der Waals surface area contributed by atoms with Crippen LogP contribution < -0.4 is 15.5 Å². The molecule has 0 aliphatic carbocycles. The van der Waals surface area contributed by atoms with Crippen molar-refractivity contribution in [2.24, 2.45) is 0 Å². The number of likely N-dealkylation sites (N-methyl/N-ethyl adjacent to an activating group) is 1. The van der Waals surface area contributed by atoms with Crippen LogP contribution >= 0.6 is 0 Å². The summed E-state index contributed by atoms with van der Waals surface area (Å²) in [5, 5.41) is 16.6. The van der Waals surface area contributed by atoms with Gasteiger partial charge < -0.3 is 15.0 Å². The lowest BCUT2D eigenvalue weighted by molar-refractivity contribution is -0.383. The fourth-order valence-electron chi connectivity index (χ4n) is 2.67. The van der Waals surface area contributed by atoms with Crippen molar-refractivity contribution in [2.45, 2.75) is 0 Å². The highest BCUT2D eigenvalue weighted by atomic mass is 16.6. The molecule has 0 bridgehead atoms. The van der Waals surface area contributed by atoms with Crippen LogP contribution in [0, 0.1) is 10.1 Å². The van der Waals surface area contributed by atoms with Crippen LogP contribution in [0.25, 0.3) is 0 Å². The molecule has 1 aliphatic heterocycles. The molecule has 0 amide bonds. The molecule has 0 saturated carbocycles. The Labute approximate surface area is 150 Å². The number of para-hydroxylation sites is 2. The highest BCUT2D eigenvalue weighted by molar-refractivity contribution is 5.75. The van der Waals surface area contributed by atoms with Crippen molar-refractivity contribution in [3.05, 3.63) is 40.7 Å². The topological polar surface area (TPSA) is 109 Å². The molecule has 3 rings (SSSR count). The number of rotatable bonds is 6. The second-order valence-corrected chi connectivity index (χ2v) is 5.90. The van der Waals surface area contributed by atoms with Gasteiger partial charge in [-0.25, -0.2) is 15.0 Å². The van der Waals surface area contributed by atoms with Crippen LogP contribution in [0.2, 0.25) is 0 Å². The number of nitrogens with zero attached hydrogens (tertiary/aromatic N) is 5. The first kappa shape index (κ1) is 17.8. The first-order chi connectivity index (χ1) is 12.6. The van der Waals surface area contributed by atoms with E-state index in [4.69, 9.17) is 4.74 Å². The number of aromatic nitrogens is 2. The number of nitrogens with one attached hydrogen (secondary N) is 2. The summed E-state index contributed by atoms with van der Waals surface area (Å²) in [4.78, 5) is 21.5. The number of benzene rings is 1. The van der Waals surface area contributed by atoms with E-state index in [-0.39, 0.29) is 17.3 Å². The quantitative estimate of drug-likeness (QED) is 0.588. The summed E-state index contributed by atoms with van der Waals surface area (Å²) in [6, 6.07) is 7.15. The second kappa shape index (κ2) is 7.93. The lowest BCUT2D eigenvalue weighted by Crippen LogP contribution is -2.47. The zero-order valence-corrected chi connectivity index (χ0v) is 14.7. The summed E-state index contributed by atoms with van der Waals surface area (Å²) in [6.45, 7) is 3.23. The van der Waals surface area contributed by atoms with Crippen molar-refractivity contribution in [3.8, 4) is 5.75 Å². The van der Waals surface area contributed by atoms with Gasteiger partial charge in [0.25, 0.3) is 0 Å². The Balaban J connectivity index is 1.87. The molecule has 2 heterocycles. The monoisotopic (exact) mass is 359 g/mol. The SMILES string of the molecule is COc1ccccc1Nc1ncnc(NN2CCN(C)CC2)c1[N+](=O)[O-]. The molecule has 1 fully saturated rings. The summed E-state index contributed by atoms with van der Waals surface area (Å²) in [7, 11) is 3.58. The Morgan fingerprint density at radius 2 is 1.85 bits per heavy atom. The van der Waals surface area contributed by atoms with Gasteiger partial charge in [-0.05, 0) is 19.2 Å². The molecular weight excluding hydrogens is 338 g/mol. The van der Waals surface area contributed by atoms with Crippen LogP contribution in [0.4, 0.5) is 23.0 Å². The number of nitro groups is 1. The first-order valence-electron chi connectivity index (χ1n) is 8.18. The van der Waals surface area contributed by atoms with E-state index in [1.807, 2.05) is 18.1 Å². The molecule has 0 unspecified atom stereocenters. The van der Waals surface area contributed by atoms with Crippen LogP contribution in [-0.2, 0) is 0 Å². The van der Waals surface area contributed by atoms with Gasteiger partial charge in [-0.2, -0.15) is 0 Å². The molecule has 0 radical (unpaired) electrons. The molecule has 138 valence electrons. The summed E-state index contributed by atoms with van der Waals surface area (Å²) in [6.07, 6.45) is 1.29. The highest BCUT2D eigenvalue weighted by Gasteiger charge is 2.26. The fraction of sp³-hybridized carbons (Fsp3) is 0.375. The van der Waals surface area contributed by atoms with Crippen molar-refractivity contribution in [2.75, 3.05) is 51.1 Å². The molecule has 26 heavy (non-hydrogen) atoms. The van der Waals surface area contributed by atoms with E-state index in [0.29, 0.717) is 11.4 Å². The van der Waals surface area contributed by atoms with E-state index in [1.165, 1.54) is 13.4 Å². The standard InChI is InChI=1S/C16H21N7O3/c1-21-7-9-22(10-8-21)20-16-14(23(24)25)15(17-11-18-16)19-12-5-3-4-6-13(12)26-2/h3-6,11H,7-10H2,1-2H3,(H2,17,18,19,20). The van der Waals surface area contributed by atoms with E-state index in [2.05, 4.69) is 25.6 Å². The zero-order valence-electron chi connectivity index (χ0n) is 14.7. The lowest BCUT2D eigenvalue weighted by atomic mass is 10.3. The van der Waals surface area contributed by atoms with Gasteiger partial charge in [0.05, 0.1) is 17.7 Å². The van der Waals surface area contributed by atoms with Crippen molar-refractivity contribution in [1.29, 1.82) is 0 Å². The van der Waals surface area contributed by atoms with E-state index in [1.54, 1.807) is 18.2 Å². The van der Waals surface area contributed by atoms with Gasteiger partial charge in [0.15, 0.2) is 0 Å². The number of anilines is 3. The van der Waals surface area contributed by atoms with E-state index in [9.17, 15) is 10.1 Å². The van der Waals surface area contributed by atoms with Crippen LogP contribution in [0.1, 0.15) is 0 Å². The summed E-state index contributed by atoms with van der Waals surface area (Å²) in [5.74, 6) is 0.826. The molecule has 10 heteroatoms. The summed E-state index contributed by atoms with van der Waals surface area (Å²) < 4.78 is 5.28. The largest absolute Gasteiger partial charge is 0.495 e. The minimum absolute atomic E-state index is 0.103. The Kier molecular flexibility index (Phi) is 5.44. The van der Waals surface area contributed by atoms with Crippen molar-refractivity contribution in [3.63, 3.8) is 0 Å². The third-order valence-electron chi connectivity index (χ3n) is 4.13. The second-order valence-electron chi connectivity index (χ2n) is 5.90. The van der Waals surface area contributed by atoms with Crippen LogP contribution in [0.15, 0.2) is 30.6 Å². The fourth-order valence-corrected chi connectivity index (χ4v) is 2.67. The van der Waals surface area contributed by atoms with E-state index < -0.39 is 4.92 Å². The predicted octanol–water partition coefficient (Wildman–Crippen LogP) is 1.71. The van der Waals surface area contributed by atoms with E-state index in [0.717, 1.165) is 26.2 Å². The van der Waals surface area contributed by atoms with Crippen molar-refractivity contribution < 1.29 is 9.66 Å². The average molecular weight is 359 g/mol. The van der Waals surface area contributed by atoms with Crippen LogP contribution in [0.5, 0.6) is 5.75 Å². The Morgan fingerprint density at radius 3 is 2.54 bits per heavy atom. The van der Waals surface area contributed by atoms with Crippen molar-refractivity contribution in [1.82, 2.24) is 19.9 Å². The van der Waals surface area contributed by atoms with Gasteiger partial charge in [0.1, 0.15) is 12.1 Å². The summed E-state index contributed by atoms with van der Waals surface area (Å²) in [5.41, 5.74) is 3.42. The maximum absolute atomic E-state index is 11.7. The molecule has 1 aliphatic rings. The van der Waals surface area contributed by atoms with Gasteiger partial charge in [0.2, 0.25) is 11.6 Å². The number of hydrogen-bond donors (Lipinski definition) is 2. The summed E-state index contributed by atoms with van der Waals surface area (Å²) >= 11 is 0. The molecule has 1 saturated heterocycles. The molecule has 0 spiro atoms. The van der Waals surface area contributed by atoms with Gasteiger partial charge in [-0.3, -0.25) is 15.5 Å². The zero-order chi connectivity index (χ0) is 18.5. The van der Waals surface area contributed by atoms with Gasteiger partial charge in [-0.15, -0.1) is 0 Å². The third kappa shape index (κ3) is 3.98. The lowest BCUT2D eigenvalue weighted by Gasteiger charge is -2.32. The number of hydrazine groups is 1. The maximum Gasteiger partial charge on any atom is 0.354 e. The molecular formula is C16H21N7O3. The third-order valence-corrected chi connectivity index (χ3v) is 4.13. The highest BCUT2D eigenvalue weighted by Crippen LogP contribution is 2.34. The van der Waals surface area contributed by atoms with Crippen LogP contribution in [0.3, 0.4) is 0 Å². The Morgan fingerprint density at radius 1 is 1.15 bits per heavy atom. The Hall–Kier alpha value is -2.98. The number of methoxy groups -OCH3 is 1.